The van der Waals surface area contributed by atoms with Crippen LogP contribution in [-0.4, -0.2) is 58.4 Å². The molecule has 0 aliphatic rings. The molecule has 0 saturated carbocycles. The number of aliphatic carboxylic acids is 2. The van der Waals surface area contributed by atoms with Crippen LogP contribution < -0.4 is 10.2 Å². The fraction of sp³-hybridized carbons (Fsp3) is 0.800. The van der Waals surface area contributed by atoms with Crippen molar-refractivity contribution in [1.29, 1.82) is 0 Å². The number of hydrogen-bond acceptors (Lipinski definition) is 8. The Morgan fingerprint density at radius 2 is 1.21 bits per heavy atom. The van der Waals surface area contributed by atoms with Crippen LogP contribution in [0.15, 0.2) is 0 Å². The molecule has 0 aliphatic heterocycles. The molecule has 0 aromatic rings. The van der Waals surface area contributed by atoms with Crippen LogP contribution in [0.5, 0.6) is 0 Å². The molecule has 0 heterocycles. The van der Waals surface area contributed by atoms with Crippen LogP contribution in [0, 0.1) is 0 Å². The standard InChI is InChI=1S/2C5H10O3S.Co/c2*1-9-3-2-4(6)5(7)8;/h2*4,6H,2-3H2,1H3,(H,7,8);/q;;+2/p-2. The summed E-state index contributed by atoms with van der Waals surface area (Å²) in [5.74, 6) is -1.47. The van der Waals surface area contributed by atoms with Crippen molar-refractivity contribution in [2.45, 2.75) is 25.0 Å². The molecular formula is C10H18CoO6S2. The normalized spacial score (nSPS) is 12.4. The maximum atomic E-state index is 9.83. The zero-order valence-corrected chi connectivity index (χ0v) is 13.3. The Kier molecular flexibility index (Phi) is 20.5. The van der Waals surface area contributed by atoms with E-state index < -0.39 is 24.1 Å². The van der Waals surface area contributed by atoms with E-state index in [0.717, 1.165) is 0 Å². The summed E-state index contributed by atoms with van der Waals surface area (Å²) in [6.07, 6.45) is 1.65. The van der Waals surface area contributed by atoms with Crippen molar-refractivity contribution >= 4 is 35.5 Å². The van der Waals surface area contributed by atoms with Crippen LogP contribution in [0.3, 0.4) is 0 Å². The second kappa shape index (κ2) is 16.1. The Balaban J connectivity index is -0.000000256. The van der Waals surface area contributed by atoms with Crippen molar-refractivity contribution in [2.75, 3.05) is 24.0 Å². The SMILES string of the molecule is CSCCC(O)C(=O)[O-].CSCCC(O)C(=O)[O-].[Co+2]. The second-order valence-electron chi connectivity index (χ2n) is 3.23. The summed E-state index contributed by atoms with van der Waals surface area (Å²) in [5.41, 5.74) is 0. The van der Waals surface area contributed by atoms with Crippen LogP contribution in [0.25, 0.3) is 0 Å². The Bertz CT molecular complexity index is 218. The predicted octanol–water partition coefficient (Wildman–Crippen LogP) is -2.30. The quantitative estimate of drug-likeness (QED) is 0.497. The van der Waals surface area contributed by atoms with Gasteiger partial charge in [-0.05, 0) is 36.9 Å². The molecule has 1 radical (unpaired) electrons. The summed E-state index contributed by atoms with van der Waals surface area (Å²) in [6, 6.07) is 0. The van der Waals surface area contributed by atoms with Crippen LogP contribution in [0.1, 0.15) is 12.8 Å². The molecule has 2 atom stereocenters. The summed E-state index contributed by atoms with van der Waals surface area (Å²) in [5, 5.41) is 36.8. The minimum Gasteiger partial charge on any atom is -0.547 e. The Morgan fingerprint density at radius 3 is 1.37 bits per heavy atom. The third-order valence-corrected chi connectivity index (χ3v) is 3.02. The zero-order chi connectivity index (χ0) is 14.6. The van der Waals surface area contributed by atoms with Gasteiger partial charge in [-0.2, -0.15) is 23.5 Å². The minimum absolute atomic E-state index is 0. The molecule has 0 aromatic carbocycles. The fourth-order valence-electron chi connectivity index (χ4n) is 0.695. The Hall–Kier alpha value is 0.0665. The van der Waals surface area contributed by atoms with E-state index in [4.69, 9.17) is 10.2 Å². The van der Waals surface area contributed by atoms with Crippen LogP contribution in [0.2, 0.25) is 0 Å². The first-order chi connectivity index (χ1) is 8.36. The largest absolute Gasteiger partial charge is 2.00 e. The fourth-order valence-corrected chi connectivity index (χ4v) is 1.61. The van der Waals surface area contributed by atoms with Crippen LogP contribution in [0.4, 0.5) is 0 Å². The molecule has 0 fully saturated rings. The van der Waals surface area contributed by atoms with E-state index in [2.05, 4.69) is 0 Å². The van der Waals surface area contributed by atoms with E-state index in [-0.39, 0.29) is 29.6 Å². The zero-order valence-electron chi connectivity index (χ0n) is 10.7. The second-order valence-corrected chi connectivity index (χ2v) is 5.20. The van der Waals surface area contributed by atoms with Crippen molar-refractivity contribution in [1.82, 2.24) is 0 Å². The van der Waals surface area contributed by atoms with E-state index >= 15 is 0 Å². The van der Waals surface area contributed by atoms with E-state index in [1.807, 2.05) is 12.5 Å². The molecular weight excluding hydrogens is 339 g/mol. The summed E-state index contributed by atoms with van der Waals surface area (Å²) in [6.45, 7) is 0. The van der Waals surface area contributed by atoms with E-state index in [0.29, 0.717) is 11.5 Å². The smallest absolute Gasteiger partial charge is 0.547 e. The number of carboxylic acids is 2. The summed E-state index contributed by atoms with van der Waals surface area (Å²) in [7, 11) is 0. The first-order valence-electron chi connectivity index (χ1n) is 5.12. The number of thioether (sulfide) groups is 2. The average molecular weight is 357 g/mol. The number of hydrogen-bond donors (Lipinski definition) is 2. The average Bonchev–Trinajstić information content (AvgIpc) is 2.33. The van der Waals surface area contributed by atoms with Gasteiger partial charge in [-0.25, -0.2) is 0 Å². The molecule has 0 spiro atoms. The molecule has 0 bridgehead atoms. The summed E-state index contributed by atoms with van der Waals surface area (Å²) < 4.78 is 0. The Morgan fingerprint density at radius 1 is 0.947 bits per heavy atom. The van der Waals surface area contributed by atoms with Crippen molar-refractivity contribution < 1.29 is 46.8 Å². The minimum atomic E-state index is -1.39. The molecule has 0 rings (SSSR count). The topological polar surface area (TPSA) is 121 Å². The molecule has 0 aliphatic carbocycles. The van der Waals surface area contributed by atoms with Crippen molar-refractivity contribution in [3.63, 3.8) is 0 Å². The maximum Gasteiger partial charge on any atom is 2.00 e. The van der Waals surface area contributed by atoms with E-state index in [1.54, 1.807) is 0 Å². The van der Waals surface area contributed by atoms with Gasteiger partial charge in [-0.3, -0.25) is 0 Å². The first-order valence-corrected chi connectivity index (χ1v) is 7.91. The van der Waals surface area contributed by atoms with Crippen molar-refractivity contribution in [3.05, 3.63) is 0 Å². The van der Waals surface area contributed by atoms with E-state index in [1.165, 1.54) is 23.5 Å². The summed E-state index contributed by atoms with van der Waals surface area (Å²) >= 11 is 2.99. The predicted molar refractivity (Wildman–Crippen MR) is 68.0 cm³/mol. The van der Waals surface area contributed by atoms with Crippen molar-refractivity contribution in [2.24, 2.45) is 0 Å². The maximum absolute atomic E-state index is 9.83. The van der Waals surface area contributed by atoms with Gasteiger partial charge in [0.1, 0.15) is 0 Å². The van der Waals surface area contributed by atoms with Gasteiger partial charge >= 0.3 is 16.8 Å². The third-order valence-electron chi connectivity index (χ3n) is 1.73. The third kappa shape index (κ3) is 18.1. The summed E-state index contributed by atoms with van der Waals surface area (Å²) in [4.78, 5) is 19.7. The molecule has 2 unspecified atom stereocenters. The van der Waals surface area contributed by atoms with Crippen molar-refractivity contribution in [3.8, 4) is 0 Å². The number of carbonyl (C=O) groups excluding carboxylic acids is 2. The molecule has 2 N–H and O–H groups in total. The van der Waals surface area contributed by atoms with Gasteiger partial charge in [-0.1, -0.05) is 0 Å². The van der Waals surface area contributed by atoms with Crippen LogP contribution >= 0.6 is 23.5 Å². The molecule has 0 amide bonds. The van der Waals surface area contributed by atoms with Gasteiger partial charge < -0.3 is 30.0 Å². The number of carboxylic acid groups (broad SMARTS) is 2. The monoisotopic (exact) mass is 357 g/mol. The first kappa shape index (κ1) is 24.1. The number of aliphatic hydroxyl groups is 2. The molecule has 0 aromatic heterocycles. The number of aliphatic hydroxyl groups excluding tert-OH is 2. The van der Waals surface area contributed by atoms with Gasteiger partial charge in [0.25, 0.3) is 0 Å². The molecule has 0 saturated heterocycles. The van der Waals surface area contributed by atoms with Gasteiger partial charge in [0.05, 0.1) is 24.1 Å². The van der Waals surface area contributed by atoms with Crippen LogP contribution in [-0.2, 0) is 26.4 Å². The Labute approximate surface area is 131 Å². The number of carbonyl (C=O) groups is 2. The van der Waals surface area contributed by atoms with E-state index in [9.17, 15) is 19.8 Å². The number of rotatable bonds is 8. The molecule has 115 valence electrons. The molecule has 9 heteroatoms. The van der Waals surface area contributed by atoms with Gasteiger partial charge in [0.2, 0.25) is 0 Å². The van der Waals surface area contributed by atoms with Gasteiger partial charge in [0, 0.05) is 0 Å². The van der Waals surface area contributed by atoms with Gasteiger partial charge in [0.15, 0.2) is 0 Å². The van der Waals surface area contributed by atoms with Gasteiger partial charge in [-0.15, -0.1) is 0 Å². The molecule has 19 heavy (non-hydrogen) atoms. The molecule has 6 nitrogen and oxygen atoms in total.